The maximum absolute atomic E-state index is 13.8. The molecule has 3 N–H and O–H groups in total. The number of anilines is 1. The van der Waals surface area contributed by atoms with Crippen LogP contribution in [0.4, 0.5) is 5.95 Å². The lowest BCUT2D eigenvalue weighted by Crippen LogP contribution is -2.46. The molecule has 2 atom stereocenters. The number of hydrogen-bond acceptors (Lipinski definition) is 6. The van der Waals surface area contributed by atoms with Crippen LogP contribution in [0.3, 0.4) is 0 Å². The smallest absolute Gasteiger partial charge is 0.263 e. The molecule has 200 valence electrons. The molecule has 9 nitrogen and oxygen atoms in total. The molecule has 0 saturated heterocycles. The number of rotatable bonds is 7. The Balaban J connectivity index is 1.76. The Labute approximate surface area is 230 Å². The minimum absolute atomic E-state index is 0.0341. The topological polar surface area (TPSA) is 117 Å². The lowest BCUT2D eigenvalue weighted by atomic mass is 9.98. The van der Waals surface area contributed by atoms with Crippen molar-refractivity contribution < 1.29 is 14.7 Å². The number of carbonyl (C=O) groups excluding carboxylic acids is 2. The molecular formula is C27H29Cl2N5O4. The number of aromatic nitrogens is 2. The van der Waals surface area contributed by atoms with Crippen LogP contribution in [0.1, 0.15) is 52.2 Å². The van der Waals surface area contributed by atoms with Crippen LogP contribution in [0.15, 0.2) is 47.3 Å². The summed E-state index contributed by atoms with van der Waals surface area (Å²) in [4.78, 5) is 45.6. The van der Waals surface area contributed by atoms with Crippen molar-refractivity contribution in [1.82, 2.24) is 19.8 Å². The molecule has 0 bridgehead atoms. The molecular weight excluding hydrogens is 529 g/mol. The van der Waals surface area contributed by atoms with Gasteiger partial charge in [-0.3, -0.25) is 14.4 Å². The summed E-state index contributed by atoms with van der Waals surface area (Å²) in [6.45, 7) is 3.87. The van der Waals surface area contributed by atoms with Gasteiger partial charge in [0.25, 0.3) is 17.4 Å². The summed E-state index contributed by atoms with van der Waals surface area (Å²) < 4.78 is 1.48. The van der Waals surface area contributed by atoms with Crippen LogP contribution in [0, 0.1) is 0 Å². The van der Waals surface area contributed by atoms with Crippen LogP contribution in [-0.2, 0) is 13.0 Å². The Hall–Kier alpha value is -3.40. The van der Waals surface area contributed by atoms with Gasteiger partial charge in [-0.1, -0.05) is 23.2 Å². The summed E-state index contributed by atoms with van der Waals surface area (Å²) in [6.07, 6.45) is 0.762. The molecule has 0 unspecified atom stereocenters. The summed E-state index contributed by atoms with van der Waals surface area (Å²) in [5, 5.41) is 15.8. The average Bonchev–Trinajstić information content (AvgIpc) is 2.90. The molecule has 0 saturated carbocycles. The highest BCUT2D eigenvalue weighted by Crippen LogP contribution is 2.27. The predicted molar refractivity (Wildman–Crippen MR) is 148 cm³/mol. The molecule has 2 aromatic carbocycles. The van der Waals surface area contributed by atoms with Gasteiger partial charge in [0.1, 0.15) is 0 Å². The number of carbonyl (C=O) groups is 2. The first-order chi connectivity index (χ1) is 18.1. The van der Waals surface area contributed by atoms with Gasteiger partial charge in [-0.15, -0.1) is 0 Å². The zero-order chi connectivity index (χ0) is 27.6. The van der Waals surface area contributed by atoms with Crippen molar-refractivity contribution in [2.24, 2.45) is 0 Å². The van der Waals surface area contributed by atoms with Crippen LogP contribution < -0.4 is 16.2 Å². The van der Waals surface area contributed by atoms with Crippen LogP contribution in [-0.4, -0.2) is 57.1 Å². The van der Waals surface area contributed by atoms with Gasteiger partial charge < -0.3 is 20.6 Å². The van der Waals surface area contributed by atoms with Crippen LogP contribution in [0.2, 0.25) is 10.0 Å². The molecule has 0 fully saturated rings. The van der Waals surface area contributed by atoms with E-state index in [0.29, 0.717) is 51.9 Å². The van der Waals surface area contributed by atoms with Gasteiger partial charge >= 0.3 is 0 Å². The maximum Gasteiger partial charge on any atom is 0.263 e. The predicted octanol–water partition coefficient (Wildman–Crippen LogP) is 3.67. The van der Waals surface area contributed by atoms with E-state index in [1.165, 1.54) is 10.6 Å². The highest BCUT2D eigenvalue weighted by molar-refractivity contribution is 6.42. The first kappa shape index (κ1) is 27.6. The quantitative estimate of drug-likeness (QED) is 0.408. The van der Waals surface area contributed by atoms with Crippen molar-refractivity contribution in [2.45, 2.75) is 45.3 Å². The van der Waals surface area contributed by atoms with E-state index < -0.39 is 0 Å². The van der Waals surface area contributed by atoms with E-state index in [1.807, 2.05) is 13.8 Å². The number of benzene rings is 2. The fourth-order valence-electron chi connectivity index (χ4n) is 4.45. The Morgan fingerprint density at radius 1 is 1.13 bits per heavy atom. The minimum Gasteiger partial charge on any atom is -0.396 e. The molecule has 0 spiro atoms. The van der Waals surface area contributed by atoms with Gasteiger partial charge in [-0.25, -0.2) is 9.55 Å². The third-order valence-electron chi connectivity index (χ3n) is 6.59. The van der Waals surface area contributed by atoms with Gasteiger partial charge in [-0.2, -0.15) is 0 Å². The van der Waals surface area contributed by atoms with E-state index in [-0.39, 0.29) is 47.6 Å². The second-order valence-corrected chi connectivity index (χ2v) is 10.1. The monoisotopic (exact) mass is 557 g/mol. The van der Waals surface area contributed by atoms with E-state index in [0.717, 1.165) is 0 Å². The van der Waals surface area contributed by atoms with Crippen molar-refractivity contribution in [1.29, 1.82) is 0 Å². The molecule has 2 amide bonds. The highest BCUT2D eigenvalue weighted by atomic mass is 35.5. The fourth-order valence-corrected chi connectivity index (χ4v) is 4.75. The minimum atomic E-state index is -0.268. The lowest BCUT2D eigenvalue weighted by molar-refractivity contribution is 0.0653. The van der Waals surface area contributed by atoms with E-state index in [2.05, 4.69) is 10.6 Å². The van der Waals surface area contributed by atoms with Gasteiger partial charge in [0.05, 0.1) is 28.0 Å². The van der Waals surface area contributed by atoms with E-state index >= 15 is 0 Å². The molecule has 2 heterocycles. The molecule has 38 heavy (non-hydrogen) atoms. The van der Waals surface area contributed by atoms with Gasteiger partial charge in [0.15, 0.2) is 0 Å². The molecule has 1 aliphatic rings. The van der Waals surface area contributed by atoms with E-state index in [9.17, 15) is 19.5 Å². The largest absolute Gasteiger partial charge is 0.396 e. The Morgan fingerprint density at radius 2 is 1.82 bits per heavy atom. The average molecular weight is 558 g/mol. The first-order valence-electron chi connectivity index (χ1n) is 12.2. The summed E-state index contributed by atoms with van der Waals surface area (Å²) in [5.41, 5.74) is 2.16. The number of halogens is 2. The van der Waals surface area contributed by atoms with Crippen LogP contribution >= 0.6 is 23.2 Å². The van der Waals surface area contributed by atoms with Crippen molar-refractivity contribution in [3.05, 3.63) is 85.2 Å². The third-order valence-corrected chi connectivity index (χ3v) is 7.33. The Morgan fingerprint density at radius 3 is 2.45 bits per heavy atom. The van der Waals surface area contributed by atoms with Crippen LogP contribution in [0.5, 0.6) is 0 Å². The van der Waals surface area contributed by atoms with Gasteiger partial charge in [0, 0.05) is 42.4 Å². The lowest BCUT2D eigenvalue weighted by Gasteiger charge is -2.35. The Bertz CT molecular complexity index is 1420. The van der Waals surface area contributed by atoms with Gasteiger partial charge in [0.2, 0.25) is 5.95 Å². The van der Waals surface area contributed by atoms with Gasteiger partial charge in [-0.05, 0) is 69.2 Å². The molecule has 11 heteroatoms. The highest BCUT2D eigenvalue weighted by Gasteiger charge is 2.32. The molecule has 1 aromatic heterocycles. The molecule has 0 aliphatic carbocycles. The van der Waals surface area contributed by atoms with E-state index in [1.54, 1.807) is 48.3 Å². The van der Waals surface area contributed by atoms with Crippen molar-refractivity contribution in [2.75, 3.05) is 19.0 Å². The zero-order valence-electron chi connectivity index (χ0n) is 21.3. The van der Waals surface area contributed by atoms with E-state index in [4.69, 9.17) is 28.2 Å². The zero-order valence-corrected chi connectivity index (χ0v) is 22.8. The summed E-state index contributed by atoms with van der Waals surface area (Å²) >= 11 is 12.1. The summed E-state index contributed by atoms with van der Waals surface area (Å²) in [6, 6.07) is 10.9. The molecule has 1 aliphatic heterocycles. The number of fused-ring (bicyclic) bond motifs is 1. The first-order valence-corrected chi connectivity index (χ1v) is 13.0. The summed E-state index contributed by atoms with van der Waals surface area (Å²) in [7, 11) is 1.55. The number of nitrogens with zero attached hydrogens (tertiary/aromatic N) is 3. The Kier molecular flexibility index (Phi) is 8.40. The normalized spacial score (nSPS) is 15.5. The summed E-state index contributed by atoms with van der Waals surface area (Å²) in [5.74, 6) is -0.178. The third kappa shape index (κ3) is 5.55. The SMILES string of the molecule is CNC(=O)c1ccc(-n2c(N[C@@H](C)CCO)nc3c(c2=O)C[C@@H](C)N(C(=O)c2ccc(Cl)c(Cl)c2)C3)cc1. The maximum atomic E-state index is 13.8. The van der Waals surface area contributed by atoms with Crippen molar-refractivity contribution in [3.63, 3.8) is 0 Å². The standard InChI is InChI=1S/C27H29Cl2N5O4/c1-15(10-11-35)31-27-32-23-14-33(25(37)18-6-9-21(28)22(29)13-18)16(2)12-20(23)26(38)34(27)19-7-4-17(5-8-19)24(36)30-3/h4-9,13,15-16,35H,10-12,14H2,1-3H3,(H,30,36)(H,31,32)/t15-,16+/m0/s1. The number of hydrogen-bond donors (Lipinski definition) is 3. The van der Waals surface area contributed by atoms with Crippen molar-refractivity contribution >= 4 is 41.0 Å². The number of aliphatic hydroxyl groups excluding tert-OH is 1. The van der Waals surface area contributed by atoms with Crippen molar-refractivity contribution in [3.8, 4) is 5.69 Å². The molecule has 3 aromatic rings. The second kappa shape index (κ2) is 11.6. The second-order valence-electron chi connectivity index (χ2n) is 9.30. The number of nitrogens with one attached hydrogen (secondary N) is 2. The fraction of sp³-hybridized carbons (Fsp3) is 0.333. The molecule has 0 radical (unpaired) electrons. The number of aliphatic hydroxyl groups is 1. The number of amides is 2. The molecule has 4 rings (SSSR count). The van der Waals surface area contributed by atoms with Crippen LogP contribution in [0.25, 0.3) is 5.69 Å².